The molecule has 17 heavy (non-hydrogen) atoms. The fourth-order valence-corrected chi connectivity index (χ4v) is 1.97. The fraction of sp³-hybridized carbons (Fsp3) is 0.700. The number of H-pyrrole nitrogens is 1. The Morgan fingerprint density at radius 1 is 1.47 bits per heavy atom. The number of carbonyl (C=O) groups is 1. The van der Waals surface area contributed by atoms with Gasteiger partial charge in [0.1, 0.15) is 0 Å². The van der Waals surface area contributed by atoms with E-state index in [0.29, 0.717) is 6.54 Å². The van der Waals surface area contributed by atoms with Crippen LogP contribution < -0.4 is 11.1 Å². The number of hydrogen-bond acceptors (Lipinski definition) is 5. The van der Waals surface area contributed by atoms with Crippen LogP contribution in [-0.4, -0.2) is 52.2 Å². The zero-order valence-electron chi connectivity index (χ0n) is 9.78. The van der Waals surface area contributed by atoms with Crippen LogP contribution >= 0.6 is 0 Å². The predicted molar refractivity (Wildman–Crippen MR) is 63.4 cm³/mol. The number of nitrogens with zero attached hydrogens (tertiary/aromatic N) is 3. The summed E-state index contributed by atoms with van der Waals surface area (Å²) >= 11 is 0. The summed E-state index contributed by atoms with van der Waals surface area (Å²) < 4.78 is 0. The third-order valence-electron chi connectivity index (χ3n) is 2.85. The SMILES string of the molecule is Nc1n[nH]c(C(=O)NCCCN2CCCC2)n1. The van der Waals surface area contributed by atoms with Gasteiger partial charge in [0, 0.05) is 6.54 Å². The number of rotatable bonds is 5. The van der Waals surface area contributed by atoms with Gasteiger partial charge in [0.05, 0.1) is 0 Å². The van der Waals surface area contributed by atoms with Crippen LogP contribution in [0.25, 0.3) is 0 Å². The molecule has 94 valence electrons. The van der Waals surface area contributed by atoms with Crippen molar-refractivity contribution in [2.24, 2.45) is 0 Å². The van der Waals surface area contributed by atoms with Gasteiger partial charge in [-0.15, -0.1) is 5.10 Å². The highest BCUT2D eigenvalue weighted by Crippen LogP contribution is 2.06. The first kappa shape index (κ1) is 11.8. The second-order valence-corrected chi connectivity index (χ2v) is 4.20. The summed E-state index contributed by atoms with van der Waals surface area (Å²) in [6.07, 6.45) is 3.54. The topological polar surface area (TPSA) is 99.9 Å². The summed E-state index contributed by atoms with van der Waals surface area (Å²) in [7, 11) is 0. The van der Waals surface area contributed by atoms with Crippen LogP contribution in [0, 0.1) is 0 Å². The number of nitrogens with one attached hydrogen (secondary N) is 2. The zero-order chi connectivity index (χ0) is 12.1. The Bertz CT molecular complexity index is 371. The third kappa shape index (κ3) is 3.42. The molecular formula is C10H18N6O. The van der Waals surface area contributed by atoms with Gasteiger partial charge in [-0.3, -0.25) is 9.89 Å². The molecule has 7 heteroatoms. The fourth-order valence-electron chi connectivity index (χ4n) is 1.97. The molecule has 1 saturated heterocycles. The molecular weight excluding hydrogens is 220 g/mol. The molecule has 2 heterocycles. The van der Waals surface area contributed by atoms with Crippen molar-refractivity contribution in [3.8, 4) is 0 Å². The van der Waals surface area contributed by atoms with Gasteiger partial charge in [0.25, 0.3) is 5.91 Å². The molecule has 0 radical (unpaired) electrons. The summed E-state index contributed by atoms with van der Waals surface area (Å²) in [6.45, 7) is 4.06. The number of amides is 1. The zero-order valence-corrected chi connectivity index (χ0v) is 9.78. The van der Waals surface area contributed by atoms with E-state index in [2.05, 4.69) is 25.4 Å². The molecule has 1 aromatic rings. The lowest BCUT2D eigenvalue weighted by molar-refractivity contribution is 0.0942. The van der Waals surface area contributed by atoms with E-state index in [9.17, 15) is 4.79 Å². The van der Waals surface area contributed by atoms with E-state index < -0.39 is 0 Å². The first-order valence-corrected chi connectivity index (χ1v) is 5.94. The number of aromatic nitrogens is 3. The summed E-state index contributed by atoms with van der Waals surface area (Å²) in [6, 6.07) is 0. The van der Waals surface area contributed by atoms with Crippen molar-refractivity contribution in [1.82, 2.24) is 25.4 Å². The van der Waals surface area contributed by atoms with Crippen molar-refractivity contribution in [2.75, 3.05) is 31.9 Å². The highest BCUT2D eigenvalue weighted by molar-refractivity contribution is 5.90. The Morgan fingerprint density at radius 2 is 2.24 bits per heavy atom. The standard InChI is InChI=1S/C10H18N6O/c11-10-13-8(14-15-10)9(17)12-4-3-7-16-5-1-2-6-16/h1-7H2,(H,12,17)(H3,11,13,14,15). The molecule has 0 spiro atoms. The number of aromatic amines is 1. The van der Waals surface area contributed by atoms with Crippen LogP contribution in [0.15, 0.2) is 0 Å². The molecule has 0 aromatic carbocycles. The molecule has 7 nitrogen and oxygen atoms in total. The van der Waals surface area contributed by atoms with Gasteiger partial charge in [0.2, 0.25) is 11.8 Å². The van der Waals surface area contributed by atoms with E-state index in [0.717, 1.165) is 13.0 Å². The normalized spacial score (nSPS) is 16.2. The Labute approximate surface area is 99.8 Å². The average Bonchev–Trinajstić information content (AvgIpc) is 2.95. The Kier molecular flexibility index (Phi) is 3.92. The summed E-state index contributed by atoms with van der Waals surface area (Å²) in [5, 5.41) is 8.86. The van der Waals surface area contributed by atoms with E-state index in [-0.39, 0.29) is 17.7 Å². The Morgan fingerprint density at radius 3 is 2.88 bits per heavy atom. The average molecular weight is 238 g/mol. The maximum absolute atomic E-state index is 11.5. The van der Waals surface area contributed by atoms with Gasteiger partial charge in [-0.2, -0.15) is 4.98 Å². The highest BCUT2D eigenvalue weighted by Gasteiger charge is 2.12. The van der Waals surface area contributed by atoms with E-state index in [1.54, 1.807) is 0 Å². The van der Waals surface area contributed by atoms with Crippen molar-refractivity contribution in [3.05, 3.63) is 5.82 Å². The maximum Gasteiger partial charge on any atom is 0.288 e. The first-order valence-electron chi connectivity index (χ1n) is 5.94. The van der Waals surface area contributed by atoms with E-state index >= 15 is 0 Å². The molecule has 1 fully saturated rings. The molecule has 1 aromatic heterocycles. The van der Waals surface area contributed by atoms with Crippen LogP contribution in [0.4, 0.5) is 5.95 Å². The maximum atomic E-state index is 11.5. The molecule has 4 N–H and O–H groups in total. The number of nitrogens with two attached hydrogens (primary N) is 1. The second kappa shape index (κ2) is 5.62. The molecule has 1 amide bonds. The number of likely N-dealkylation sites (tertiary alicyclic amines) is 1. The van der Waals surface area contributed by atoms with E-state index in [1.807, 2.05) is 0 Å². The molecule has 0 saturated carbocycles. The lowest BCUT2D eigenvalue weighted by atomic mass is 10.4. The summed E-state index contributed by atoms with van der Waals surface area (Å²) in [5.74, 6) is 0.00603. The minimum Gasteiger partial charge on any atom is -0.366 e. The predicted octanol–water partition coefficient (Wildman–Crippen LogP) is -0.397. The molecule has 1 aliphatic rings. The summed E-state index contributed by atoms with van der Waals surface area (Å²) in [4.78, 5) is 17.7. The van der Waals surface area contributed by atoms with Crippen molar-refractivity contribution in [1.29, 1.82) is 0 Å². The van der Waals surface area contributed by atoms with Crippen molar-refractivity contribution < 1.29 is 4.79 Å². The molecule has 0 atom stereocenters. The van der Waals surface area contributed by atoms with Gasteiger partial charge < -0.3 is 16.0 Å². The molecule has 0 aliphatic carbocycles. The van der Waals surface area contributed by atoms with Crippen molar-refractivity contribution >= 4 is 11.9 Å². The number of hydrogen-bond donors (Lipinski definition) is 3. The van der Waals surface area contributed by atoms with Gasteiger partial charge in [0.15, 0.2) is 0 Å². The molecule has 0 unspecified atom stereocenters. The monoisotopic (exact) mass is 238 g/mol. The lowest BCUT2D eigenvalue weighted by Crippen LogP contribution is -2.29. The van der Waals surface area contributed by atoms with Gasteiger partial charge >= 0.3 is 0 Å². The minimum atomic E-state index is -0.254. The smallest absolute Gasteiger partial charge is 0.288 e. The Hall–Kier alpha value is -1.63. The number of nitrogen functional groups attached to an aromatic ring is 1. The molecule has 1 aliphatic heterocycles. The number of carbonyl (C=O) groups excluding carboxylic acids is 1. The largest absolute Gasteiger partial charge is 0.366 e. The number of anilines is 1. The molecule has 2 rings (SSSR count). The van der Waals surface area contributed by atoms with E-state index in [1.165, 1.54) is 25.9 Å². The first-order chi connectivity index (χ1) is 8.25. The summed E-state index contributed by atoms with van der Waals surface area (Å²) in [5.41, 5.74) is 5.31. The second-order valence-electron chi connectivity index (χ2n) is 4.20. The third-order valence-corrected chi connectivity index (χ3v) is 2.85. The van der Waals surface area contributed by atoms with Crippen molar-refractivity contribution in [2.45, 2.75) is 19.3 Å². The van der Waals surface area contributed by atoms with Crippen molar-refractivity contribution in [3.63, 3.8) is 0 Å². The van der Waals surface area contributed by atoms with Crippen LogP contribution in [0.2, 0.25) is 0 Å². The molecule has 0 bridgehead atoms. The van der Waals surface area contributed by atoms with Gasteiger partial charge in [-0.25, -0.2) is 0 Å². The lowest BCUT2D eigenvalue weighted by Gasteiger charge is -2.13. The van der Waals surface area contributed by atoms with E-state index in [4.69, 9.17) is 5.73 Å². The van der Waals surface area contributed by atoms with Crippen LogP contribution in [0.3, 0.4) is 0 Å². The van der Waals surface area contributed by atoms with Crippen LogP contribution in [0.5, 0.6) is 0 Å². The van der Waals surface area contributed by atoms with Gasteiger partial charge in [-0.1, -0.05) is 0 Å². The highest BCUT2D eigenvalue weighted by atomic mass is 16.2. The Balaban J connectivity index is 1.63. The minimum absolute atomic E-state index is 0.0900. The van der Waals surface area contributed by atoms with Crippen LogP contribution in [0.1, 0.15) is 29.9 Å². The quantitative estimate of drug-likeness (QED) is 0.606. The van der Waals surface area contributed by atoms with Gasteiger partial charge in [-0.05, 0) is 38.9 Å². The van der Waals surface area contributed by atoms with Crippen LogP contribution in [-0.2, 0) is 0 Å².